The number of halogens is 2. The highest BCUT2D eigenvalue weighted by Crippen LogP contribution is 2.25. The Balaban J connectivity index is 1.63. The summed E-state index contributed by atoms with van der Waals surface area (Å²) in [7, 11) is 0. The second kappa shape index (κ2) is 12.8. The molecule has 10 nitrogen and oxygen atoms in total. The van der Waals surface area contributed by atoms with Crippen molar-refractivity contribution in [1.82, 2.24) is 25.5 Å². The maximum Gasteiger partial charge on any atom is 0.308 e. The lowest BCUT2D eigenvalue weighted by atomic mass is 10.1. The Hall–Kier alpha value is -3.50. The SMILES string of the molecule is CCOC(=O)CC(NC(=O)COc1ccccc1)C(=O)Cn1nnc(Cc2c(Cl)cccc2Cl)n1. The molecule has 0 saturated heterocycles. The van der Waals surface area contributed by atoms with Crippen molar-refractivity contribution in [2.75, 3.05) is 13.2 Å². The van der Waals surface area contributed by atoms with E-state index in [1.54, 1.807) is 49.4 Å². The van der Waals surface area contributed by atoms with Gasteiger partial charge in [-0.15, -0.1) is 10.2 Å². The van der Waals surface area contributed by atoms with E-state index in [4.69, 9.17) is 32.7 Å². The molecule has 3 aromatic rings. The molecule has 2 aromatic carbocycles. The van der Waals surface area contributed by atoms with Gasteiger partial charge in [-0.05, 0) is 42.0 Å². The van der Waals surface area contributed by atoms with Crippen LogP contribution in [0.3, 0.4) is 0 Å². The number of ketones is 1. The Kier molecular flexibility index (Phi) is 9.56. The number of hydrogen-bond donors (Lipinski definition) is 1. The summed E-state index contributed by atoms with van der Waals surface area (Å²) in [6.45, 7) is 1.13. The molecule has 0 spiro atoms. The van der Waals surface area contributed by atoms with Gasteiger partial charge in [0.1, 0.15) is 18.3 Å². The number of rotatable bonds is 12. The monoisotopic (exact) mass is 519 g/mol. The molecule has 1 heterocycles. The third-order valence-corrected chi connectivity index (χ3v) is 5.41. The first-order chi connectivity index (χ1) is 16.9. The fraction of sp³-hybridized carbons (Fsp3) is 0.304. The molecule has 0 aliphatic rings. The van der Waals surface area contributed by atoms with Crippen LogP contribution in [0.25, 0.3) is 0 Å². The molecule has 12 heteroatoms. The van der Waals surface area contributed by atoms with Gasteiger partial charge in [-0.25, -0.2) is 0 Å². The predicted molar refractivity (Wildman–Crippen MR) is 127 cm³/mol. The summed E-state index contributed by atoms with van der Waals surface area (Å²) in [6, 6.07) is 12.7. The normalized spacial score (nSPS) is 11.5. The quantitative estimate of drug-likeness (QED) is 0.362. The second-order valence-electron chi connectivity index (χ2n) is 7.31. The van der Waals surface area contributed by atoms with Gasteiger partial charge in [0, 0.05) is 16.5 Å². The third-order valence-electron chi connectivity index (χ3n) is 4.70. The number of ether oxygens (including phenoxy) is 2. The number of Topliss-reactive ketones (excluding diaryl/α,β-unsaturated/α-hetero) is 1. The minimum atomic E-state index is -1.16. The van der Waals surface area contributed by atoms with Crippen LogP contribution in [-0.2, 0) is 32.1 Å². The molecule has 0 radical (unpaired) electrons. The molecule has 0 aliphatic heterocycles. The summed E-state index contributed by atoms with van der Waals surface area (Å²) in [5.41, 5.74) is 0.632. The molecule has 3 rings (SSSR count). The maximum atomic E-state index is 12.9. The summed E-state index contributed by atoms with van der Waals surface area (Å²) >= 11 is 12.4. The Morgan fingerprint density at radius 3 is 2.46 bits per heavy atom. The number of hydrogen-bond acceptors (Lipinski definition) is 8. The fourth-order valence-corrected chi connectivity index (χ4v) is 3.59. The van der Waals surface area contributed by atoms with Crippen LogP contribution in [0.2, 0.25) is 10.0 Å². The van der Waals surface area contributed by atoms with Crippen LogP contribution < -0.4 is 10.1 Å². The third kappa shape index (κ3) is 8.04. The van der Waals surface area contributed by atoms with E-state index >= 15 is 0 Å². The van der Waals surface area contributed by atoms with Crippen LogP contribution in [0.15, 0.2) is 48.5 Å². The fourth-order valence-electron chi connectivity index (χ4n) is 3.06. The minimum Gasteiger partial charge on any atom is -0.484 e. The Bertz CT molecular complexity index is 1150. The molecule has 184 valence electrons. The molecule has 0 fully saturated rings. The molecule has 1 atom stereocenters. The van der Waals surface area contributed by atoms with E-state index in [2.05, 4.69) is 20.7 Å². The van der Waals surface area contributed by atoms with E-state index in [-0.39, 0.29) is 32.6 Å². The van der Waals surface area contributed by atoms with Gasteiger partial charge >= 0.3 is 5.97 Å². The van der Waals surface area contributed by atoms with E-state index in [1.807, 2.05) is 6.07 Å². The van der Waals surface area contributed by atoms with Crippen molar-refractivity contribution in [1.29, 1.82) is 0 Å². The molecule has 0 saturated carbocycles. The first kappa shape index (κ1) is 26.1. The molecule has 1 aromatic heterocycles. The van der Waals surface area contributed by atoms with Crippen LogP contribution in [0.4, 0.5) is 0 Å². The average Bonchev–Trinajstić information content (AvgIpc) is 3.27. The number of esters is 1. The smallest absolute Gasteiger partial charge is 0.308 e. The molecule has 1 unspecified atom stereocenters. The van der Waals surface area contributed by atoms with Gasteiger partial charge in [0.2, 0.25) is 0 Å². The van der Waals surface area contributed by atoms with Gasteiger partial charge in [-0.1, -0.05) is 47.5 Å². The largest absolute Gasteiger partial charge is 0.484 e. The van der Waals surface area contributed by atoms with Crippen LogP contribution >= 0.6 is 23.2 Å². The van der Waals surface area contributed by atoms with Crippen molar-refractivity contribution >= 4 is 40.9 Å². The van der Waals surface area contributed by atoms with Crippen LogP contribution in [0.5, 0.6) is 5.75 Å². The maximum absolute atomic E-state index is 12.9. The lowest BCUT2D eigenvalue weighted by Gasteiger charge is -2.17. The van der Waals surface area contributed by atoms with E-state index in [1.165, 1.54) is 0 Å². The van der Waals surface area contributed by atoms with Crippen molar-refractivity contribution in [2.24, 2.45) is 0 Å². The lowest BCUT2D eigenvalue weighted by molar-refractivity contribution is -0.145. The summed E-state index contributed by atoms with van der Waals surface area (Å²) in [6.07, 6.45) is -0.132. The van der Waals surface area contributed by atoms with Gasteiger partial charge in [-0.2, -0.15) is 4.80 Å². The summed E-state index contributed by atoms with van der Waals surface area (Å²) in [4.78, 5) is 38.4. The van der Waals surface area contributed by atoms with E-state index in [0.29, 0.717) is 27.2 Å². The molecule has 0 aliphatic carbocycles. The van der Waals surface area contributed by atoms with Gasteiger partial charge in [-0.3, -0.25) is 14.4 Å². The topological polar surface area (TPSA) is 125 Å². The molecule has 0 bridgehead atoms. The number of carbonyl (C=O) groups is 3. The van der Waals surface area contributed by atoms with Gasteiger partial charge in [0.05, 0.1) is 13.0 Å². The number of nitrogens with zero attached hydrogens (tertiary/aromatic N) is 4. The van der Waals surface area contributed by atoms with E-state index < -0.39 is 23.7 Å². The molecule has 35 heavy (non-hydrogen) atoms. The zero-order valence-electron chi connectivity index (χ0n) is 18.8. The highest BCUT2D eigenvalue weighted by molar-refractivity contribution is 6.36. The van der Waals surface area contributed by atoms with Crippen LogP contribution in [0.1, 0.15) is 24.7 Å². The Morgan fingerprint density at radius 1 is 1.06 bits per heavy atom. The molecular formula is C23H23Cl2N5O5. The number of nitrogens with one attached hydrogen (secondary N) is 1. The van der Waals surface area contributed by atoms with Crippen LogP contribution in [-0.4, -0.2) is 57.1 Å². The Labute approximate surface area is 211 Å². The standard InChI is InChI=1S/C23H23Cl2N5O5/c1-2-34-23(33)12-19(26-22(32)14-35-15-7-4-3-5-8-15)20(31)13-30-28-21(27-29-30)11-16-17(24)9-6-10-18(16)25/h3-10,19H,2,11-14H2,1H3,(H,26,32). The van der Waals surface area contributed by atoms with E-state index in [9.17, 15) is 14.4 Å². The first-order valence-corrected chi connectivity index (χ1v) is 11.5. The number of carbonyl (C=O) groups excluding carboxylic acids is 3. The molecule has 1 amide bonds. The number of amides is 1. The van der Waals surface area contributed by atoms with Crippen molar-refractivity contribution in [2.45, 2.75) is 32.4 Å². The highest BCUT2D eigenvalue weighted by atomic mass is 35.5. The average molecular weight is 520 g/mol. The first-order valence-electron chi connectivity index (χ1n) is 10.7. The molecule has 1 N–H and O–H groups in total. The number of tetrazole rings is 1. The van der Waals surface area contributed by atoms with E-state index in [0.717, 1.165) is 4.80 Å². The number of aromatic nitrogens is 4. The number of benzene rings is 2. The lowest BCUT2D eigenvalue weighted by Crippen LogP contribution is -2.45. The van der Waals surface area contributed by atoms with Crippen molar-refractivity contribution in [3.05, 3.63) is 70.0 Å². The summed E-state index contributed by atoms with van der Waals surface area (Å²) in [5.74, 6) is -0.914. The minimum absolute atomic E-state index is 0.142. The predicted octanol–water partition coefficient (Wildman–Crippen LogP) is 2.66. The number of para-hydroxylation sites is 1. The van der Waals surface area contributed by atoms with Gasteiger partial charge in [0.15, 0.2) is 18.2 Å². The zero-order chi connectivity index (χ0) is 25.2. The van der Waals surface area contributed by atoms with Crippen molar-refractivity contribution in [3.8, 4) is 5.75 Å². The van der Waals surface area contributed by atoms with Crippen molar-refractivity contribution < 1.29 is 23.9 Å². The van der Waals surface area contributed by atoms with Crippen LogP contribution in [0, 0.1) is 0 Å². The zero-order valence-corrected chi connectivity index (χ0v) is 20.3. The van der Waals surface area contributed by atoms with Gasteiger partial charge < -0.3 is 14.8 Å². The van der Waals surface area contributed by atoms with Gasteiger partial charge in [0.25, 0.3) is 5.91 Å². The Morgan fingerprint density at radius 2 is 1.77 bits per heavy atom. The summed E-state index contributed by atoms with van der Waals surface area (Å²) in [5, 5.41) is 15.4. The second-order valence-corrected chi connectivity index (χ2v) is 8.12. The summed E-state index contributed by atoms with van der Waals surface area (Å²) < 4.78 is 10.3. The molecular weight excluding hydrogens is 497 g/mol. The van der Waals surface area contributed by atoms with Crippen molar-refractivity contribution in [3.63, 3.8) is 0 Å². The highest BCUT2D eigenvalue weighted by Gasteiger charge is 2.26.